The van der Waals surface area contributed by atoms with E-state index in [0.29, 0.717) is 12.0 Å². The summed E-state index contributed by atoms with van der Waals surface area (Å²) in [6.07, 6.45) is 9.20. The van der Waals surface area contributed by atoms with Crippen molar-refractivity contribution in [2.24, 2.45) is 11.8 Å². The SMILES string of the molecule is COc1ccc([C@H]2C3CCCCC3[C@@H]2NCc2cccnc2)cc1OC. The van der Waals surface area contributed by atoms with Gasteiger partial charge in [-0.2, -0.15) is 0 Å². The summed E-state index contributed by atoms with van der Waals surface area (Å²) in [5.74, 6) is 3.76. The van der Waals surface area contributed by atoms with Crippen LogP contribution in [0, 0.1) is 11.8 Å². The number of pyridine rings is 1. The van der Waals surface area contributed by atoms with Crippen LogP contribution in [0.5, 0.6) is 11.5 Å². The van der Waals surface area contributed by atoms with Crippen molar-refractivity contribution < 1.29 is 9.47 Å². The van der Waals surface area contributed by atoms with Gasteiger partial charge in [-0.3, -0.25) is 4.98 Å². The lowest BCUT2D eigenvalue weighted by Crippen LogP contribution is -2.57. The predicted octanol–water partition coefficient (Wildman–Crippen LogP) is 4.16. The van der Waals surface area contributed by atoms with Gasteiger partial charge in [0, 0.05) is 30.9 Å². The molecule has 138 valence electrons. The molecule has 2 fully saturated rings. The highest BCUT2D eigenvalue weighted by Gasteiger charge is 2.51. The molecule has 4 atom stereocenters. The van der Waals surface area contributed by atoms with E-state index in [0.717, 1.165) is 29.9 Å². The molecule has 2 aromatic rings. The highest BCUT2D eigenvalue weighted by molar-refractivity contribution is 5.45. The molecule has 0 radical (unpaired) electrons. The number of methoxy groups -OCH3 is 2. The number of rotatable bonds is 6. The smallest absolute Gasteiger partial charge is 0.160 e. The first kappa shape index (κ1) is 17.3. The van der Waals surface area contributed by atoms with Gasteiger partial charge in [0.25, 0.3) is 0 Å². The Morgan fingerprint density at radius 3 is 2.58 bits per heavy atom. The minimum Gasteiger partial charge on any atom is -0.493 e. The van der Waals surface area contributed by atoms with Gasteiger partial charge in [-0.15, -0.1) is 0 Å². The Kier molecular flexibility index (Phi) is 5.11. The van der Waals surface area contributed by atoms with Gasteiger partial charge in [-0.05, 0) is 54.0 Å². The fourth-order valence-electron chi connectivity index (χ4n) is 5.00. The van der Waals surface area contributed by atoms with E-state index in [2.05, 4.69) is 28.5 Å². The van der Waals surface area contributed by atoms with Crippen molar-refractivity contribution in [2.75, 3.05) is 14.2 Å². The molecule has 1 heterocycles. The highest BCUT2D eigenvalue weighted by atomic mass is 16.5. The maximum atomic E-state index is 5.54. The van der Waals surface area contributed by atoms with Crippen LogP contribution < -0.4 is 14.8 Å². The molecule has 1 aromatic carbocycles. The standard InChI is InChI=1S/C22H28N2O2/c1-25-19-10-9-16(12-20(19)26-2)21-17-7-3-4-8-18(17)22(21)24-14-15-6-5-11-23-13-15/h5-6,9-13,17-18,21-22,24H,3-4,7-8,14H2,1-2H3/t17?,18?,21-,22-/m0/s1. The lowest BCUT2D eigenvalue weighted by molar-refractivity contribution is 0.0253. The Labute approximate surface area is 155 Å². The van der Waals surface area contributed by atoms with Crippen molar-refractivity contribution in [3.8, 4) is 11.5 Å². The van der Waals surface area contributed by atoms with Crippen molar-refractivity contribution in [1.82, 2.24) is 10.3 Å². The first-order chi connectivity index (χ1) is 12.8. The maximum Gasteiger partial charge on any atom is 0.160 e. The summed E-state index contributed by atoms with van der Waals surface area (Å²) < 4.78 is 11.0. The largest absolute Gasteiger partial charge is 0.493 e. The van der Waals surface area contributed by atoms with Crippen LogP contribution in [0.15, 0.2) is 42.7 Å². The molecule has 0 amide bonds. The third-order valence-corrected chi connectivity index (χ3v) is 6.24. The molecule has 2 saturated carbocycles. The second-order valence-corrected chi connectivity index (χ2v) is 7.52. The summed E-state index contributed by atoms with van der Waals surface area (Å²) in [6, 6.07) is 11.1. The first-order valence-electron chi connectivity index (χ1n) is 9.66. The molecule has 0 bridgehead atoms. The van der Waals surface area contributed by atoms with Crippen LogP contribution in [-0.2, 0) is 6.54 Å². The topological polar surface area (TPSA) is 43.4 Å². The quantitative estimate of drug-likeness (QED) is 0.848. The van der Waals surface area contributed by atoms with E-state index in [9.17, 15) is 0 Å². The van der Waals surface area contributed by atoms with Crippen LogP contribution >= 0.6 is 0 Å². The minimum absolute atomic E-state index is 0.526. The van der Waals surface area contributed by atoms with Gasteiger partial charge in [0.15, 0.2) is 11.5 Å². The van der Waals surface area contributed by atoms with Crippen molar-refractivity contribution in [3.05, 3.63) is 53.9 Å². The molecule has 2 aliphatic rings. The van der Waals surface area contributed by atoms with E-state index in [1.54, 1.807) is 14.2 Å². The summed E-state index contributed by atoms with van der Waals surface area (Å²) in [5.41, 5.74) is 2.62. The predicted molar refractivity (Wildman–Crippen MR) is 103 cm³/mol. The molecule has 0 saturated heterocycles. The zero-order valence-electron chi connectivity index (χ0n) is 15.7. The van der Waals surface area contributed by atoms with E-state index in [1.165, 1.54) is 36.8 Å². The molecular weight excluding hydrogens is 324 g/mol. The summed E-state index contributed by atoms with van der Waals surface area (Å²) >= 11 is 0. The summed E-state index contributed by atoms with van der Waals surface area (Å²) in [6.45, 7) is 0.880. The summed E-state index contributed by atoms with van der Waals surface area (Å²) in [4.78, 5) is 4.24. The van der Waals surface area contributed by atoms with Crippen LogP contribution in [-0.4, -0.2) is 25.2 Å². The molecule has 2 unspecified atom stereocenters. The number of benzene rings is 1. The number of nitrogens with zero attached hydrogens (tertiary/aromatic N) is 1. The van der Waals surface area contributed by atoms with Gasteiger partial charge in [-0.1, -0.05) is 25.0 Å². The van der Waals surface area contributed by atoms with E-state index >= 15 is 0 Å². The number of ether oxygens (including phenoxy) is 2. The van der Waals surface area contributed by atoms with E-state index < -0.39 is 0 Å². The fourth-order valence-corrected chi connectivity index (χ4v) is 5.00. The second kappa shape index (κ2) is 7.67. The maximum absolute atomic E-state index is 5.54. The Bertz CT molecular complexity index is 734. The number of aromatic nitrogens is 1. The van der Waals surface area contributed by atoms with E-state index in [1.807, 2.05) is 24.5 Å². The van der Waals surface area contributed by atoms with Gasteiger partial charge >= 0.3 is 0 Å². The molecule has 1 aromatic heterocycles. The molecule has 26 heavy (non-hydrogen) atoms. The average molecular weight is 352 g/mol. The highest BCUT2D eigenvalue weighted by Crippen LogP contribution is 2.55. The molecule has 4 rings (SSSR count). The third kappa shape index (κ3) is 3.18. The lowest BCUT2D eigenvalue weighted by atomic mass is 9.53. The Balaban J connectivity index is 1.55. The zero-order chi connectivity index (χ0) is 17.9. The Morgan fingerprint density at radius 2 is 1.85 bits per heavy atom. The number of fused-ring (bicyclic) bond motifs is 1. The Hall–Kier alpha value is -2.07. The van der Waals surface area contributed by atoms with Gasteiger partial charge in [0.1, 0.15) is 0 Å². The number of hydrogen-bond donors (Lipinski definition) is 1. The normalized spacial score (nSPS) is 27.3. The van der Waals surface area contributed by atoms with E-state index in [4.69, 9.17) is 9.47 Å². The molecule has 0 spiro atoms. The molecule has 1 N–H and O–H groups in total. The zero-order valence-corrected chi connectivity index (χ0v) is 15.7. The molecule has 0 aliphatic heterocycles. The molecule has 4 nitrogen and oxygen atoms in total. The number of nitrogens with one attached hydrogen (secondary N) is 1. The fraction of sp³-hybridized carbons (Fsp3) is 0.500. The van der Waals surface area contributed by atoms with Gasteiger partial charge in [0.2, 0.25) is 0 Å². The van der Waals surface area contributed by atoms with Gasteiger partial charge < -0.3 is 14.8 Å². The first-order valence-corrected chi connectivity index (χ1v) is 9.66. The van der Waals surface area contributed by atoms with Crippen molar-refractivity contribution in [1.29, 1.82) is 0 Å². The van der Waals surface area contributed by atoms with E-state index in [-0.39, 0.29) is 0 Å². The third-order valence-electron chi connectivity index (χ3n) is 6.24. The van der Waals surface area contributed by atoms with Crippen LogP contribution in [0.1, 0.15) is 42.7 Å². The Morgan fingerprint density at radius 1 is 1.04 bits per heavy atom. The summed E-state index contributed by atoms with van der Waals surface area (Å²) in [7, 11) is 3.40. The van der Waals surface area contributed by atoms with Crippen molar-refractivity contribution in [3.63, 3.8) is 0 Å². The van der Waals surface area contributed by atoms with Gasteiger partial charge in [-0.25, -0.2) is 0 Å². The molecule has 4 heteroatoms. The van der Waals surface area contributed by atoms with Gasteiger partial charge in [0.05, 0.1) is 14.2 Å². The van der Waals surface area contributed by atoms with Crippen molar-refractivity contribution >= 4 is 0 Å². The molecular formula is C22H28N2O2. The van der Waals surface area contributed by atoms with Crippen LogP contribution in [0.4, 0.5) is 0 Å². The van der Waals surface area contributed by atoms with Crippen molar-refractivity contribution in [2.45, 2.75) is 44.2 Å². The number of hydrogen-bond acceptors (Lipinski definition) is 4. The minimum atomic E-state index is 0.526. The summed E-state index contributed by atoms with van der Waals surface area (Å²) in [5, 5.41) is 3.84. The van der Waals surface area contributed by atoms with Crippen LogP contribution in [0.25, 0.3) is 0 Å². The monoisotopic (exact) mass is 352 g/mol. The van der Waals surface area contributed by atoms with Crippen LogP contribution in [0.3, 0.4) is 0 Å². The second-order valence-electron chi connectivity index (χ2n) is 7.52. The van der Waals surface area contributed by atoms with Crippen LogP contribution in [0.2, 0.25) is 0 Å². The molecule has 2 aliphatic carbocycles. The lowest BCUT2D eigenvalue weighted by Gasteiger charge is -2.55. The average Bonchev–Trinajstić information content (AvgIpc) is 2.69.